The Balaban J connectivity index is 2.46. The smallest absolute Gasteiger partial charge is 0.258 e. The van der Waals surface area contributed by atoms with Crippen molar-refractivity contribution in [2.24, 2.45) is 5.73 Å². The molecule has 0 aliphatic carbocycles. The molecule has 3 N–H and O–H groups in total. The van der Waals surface area contributed by atoms with E-state index in [2.05, 4.69) is 5.32 Å². The summed E-state index contributed by atoms with van der Waals surface area (Å²) >= 11 is 0. The molecule has 1 rings (SSSR count). The van der Waals surface area contributed by atoms with Gasteiger partial charge in [-0.1, -0.05) is 19.4 Å². The first-order chi connectivity index (χ1) is 9.06. The molecule has 4 nitrogen and oxygen atoms in total. The SMILES string of the molecule is CCCC(C)NC(=O)COc1ccc(CN)cc1F. The number of nitrogens with two attached hydrogens (primary N) is 1. The van der Waals surface area contributed by atoms with Crippen LogP contribution in [-0.4, -0.2) is 18.6 Å². The van der Waals surface area contributed by atoms with Gasteiger partial charge in [-0.25, -0.2) is 4.39 Å². The van der Waals surface area contributed by atoms with Crippen molar-refractivity contribution in [1.29, 1.82) is 0 Å². The standard InChI is InChI=1S/C14H21FN2O2/c1-3-4-10(2)17-14(18)9-19-13-6-5-11(8-16)7-12(13)15/h5-7,10H,3-4,8-9,16H2,1-2H3,(H,17,18). The van der Waals surface area contributed by atoms with Crippen molar-refractivity contribution in [3.05, 3.63) is 29.6 Å². The van der Waals surface area contributed by atoms with Gasteiger partial charge in [0.2, 0.25) is 0 Å². The van der Waals surface area contributed by atoms with E-state index in [0.717, 1.165) is 12.8 Å². The van der Waals surface area contributed by atoms with Crippen LogP contribution >= 0.6 is 0 Å². The Morgan fingerprint density at radius 1 is 1.53 bits per heavy atom. The topological polar surface area (TPSA) is 64.3 Å². The normalized spacial score (nSPS) is 12.0. The Labute approximate surface area is 113 Å². The quantitative estimate of drug-likeness (QED) is 0.794. The minimum Gasteiger partial charge on any atom is -0.481 e. The molecule has 1 atom stereocenters. The van der Waals surface area contributed by atoms with E-state index in [4.69, 9.17) is 10.5 Å². The van der Waals surface area contributed by atoms with E-state index < -0.39 is 5.82 Å². The lowest BCUT2D eigenvalue weighted by Gasteiger charge is -2.13. The van der Waals surface area contributed by atoms with E-state index in [9.17, 15) is 9.18 Å². The van der Waals surface area contributed by atoms with E-state index in [1.54, 1.807) is 6.07 Å². The minimum atomic E-state index is -0.502. The molecule has 0 saturated carbocycles. The highest BCUT2D eigenvalue weighted by molar-refractivity contribution is 5.77. The van der Waals surface area contributed by atoms with Gasteiger partial charge in [0, 0.05) is 12.6 Å². The highest BCUT2D eigenvalue weighted by Crippen LogP contribution is 2.17. The van der Waals surface area contributed by atoms with Crippen LogP contribution in [0.3, 0.4) is 0 Å². The van der Waals surface area contributed by atoms with Gasteiger partial charge in [0.1, 0.15) is 0 Å². The summed E-state index contributed by atoms with van der Waals surface area (Å²) in [5.41, 5.74) is 6.09. The van der Waals surface area contributed by atoms with Crippen molar-refractivity contribution in [2.75, 3.05) is 6.61 Å². The number of carbonyl (C=O) groups excluding carboxylic acids is 1. The van der Waals surface area contributed by atoms with Crippen LogP contribution in [0.15, 0.2) is 18.2 Å². The van der Waals surface area contributed by atoms with Gasteiger partial charge in [-0.2, -0.15) is 0 Å². The second-order valence-electron chi connectivity index (χ2n) is 4.51. The third-order valence-corrected chi connectivity index (χ3v) is 2.72. The molecule has 1 aromatic rings. The summed E-state index contributed by atoms with van der Waals surface area (Å²) < 4.78 is 18.7. The fourth-order valence-corrected chi connectivity index (χ4v) is 1.75. The highest BCUT2D eigenvalue weighted by Gasteiger charge is 2.09. The van der Waals surface area contributed by atoms with Crippen molar-refractivity contribution in [3.63, 3.8) is 0 Å². The Morgan fingerprint density at radius 3 is 2.84 bits per heavy atom. The number of amides is 1. The molecule has 0 spiro atoms. The Hall–Kier alpha value is -1.62. The molecular weight excluding hydrogens is 247 g/mol. The van der Waals surface area contributed by atoms with Crippen LogP contribution in [0, 0.1) is 5.82 Å². The molecule has 0 bridgehead atoms. The first kappa shape index (κ1) is 15.4. The maximum Gasteiger partial charge on any atom is 0.258 e. The van der Waals surface area contributed by atoms with Crippen molar-refractivity contribution >= 4 is 5.91 Å². The van der Waals surface area contributed by atoms with Crippen LogP contribution in [-0.2, 0) is 11.3 Å². The lowest BCUT2D eigenvalue weighted by Crippen LogP contribution is -2.36. The first-order valence-electron chi connectivity index (χ1n) is 6.47. The molecule has 0 radical (unpaired) electrons. The van der Waals surface area contributed by atoms with Gasteiger partial charge < -0.3 is 15.8 Å². The molecule has 0 fully saturated rings. The van der Waals surface area contributed by atoms with Gasteiger partial charge in [0.25, 0.3) is 5.91 Å². The minimum absolute atomic E-state index is 0.0653. The van der Waals surface area contributed by atoms with Crippen LogP contribution in [0.5, 0.6) is 5.75 Å². The van der Waals surface area contributed by atoms with Gasteiger partial charge in [-0.05, 0) is 31.0 Å². The van der Waals surface area contributed by atoms with Gasteiger partial charge in [-0.3, -0.25) is 4.79 Å². The summed E-state index contributed by atoms with van der Waals surface area (Å²) in [7, 11) is 0. The van der Waals surface area contributed by atoms with E-state index >= 15 is 0 Å². The molecule has 1 unspecified atom stereocenters. The predicted molar refractivity (Wildman–Crippen MR) is 72.3 cm³/mol. The molecule has 5 heteroatoms. The zero-order chi connectivity index (χ0) is 14.3. The third-order valence-electron chi connectivity index (χ3n) is 2.72. The Morgan fingerprint density at radius 2 is 2.26 bits per heavy atom. The molecule has 0 aromatic heterocycles. The van der Waals surface area contributed by atoms with Crippen molar-refractivity contribution < 1.29 is 13.9 Å². The van der Waals surface area contributed by atoms with Crippen LogP contribution < -0.4 is 15.8 Å². The summed E-state index contributed by atoms with van der Waals surface area (Å²) in [5, 5.41) is 2.79. The molecule has 1 amide bonds. The molecular formula is C14H21FN2O2. The van der Waals surface area contributed by atoms with Crippen molar-refractivity contribution in [3.8, 4) is 5.75 Å². The van der Waals surface area contributed by atoms with E-state index in [0.29, 0.717) is 5.56 Å². The molecule has 0 aliphatic rings. The molecule has 0 heterocycles. The first-order valence-corrected chi connectivity index (χ1v) is 6.47. The number of ether oxygens (including phenoxy) is 1. The second kappa shape index (κ2) is 7.74. The van der Waals surface area contributed by atoms with Gasteiger partial charge in [-0.15, -0.1) is 0 Å². The van der Waals surface area contributed by atoms with Crippen molar-refractivity contribution in [2.45, 2.75) is 39.3 Å². The highest BCUT2D eigenvalue weighted by atomic mass is 19.1. The van der Waals surface area contributed by atoms with Gasteiger partial charge in [0.15, 0.2) is 18.2 Å². The lowest BCUT2D eigenvalue weighted by atomic mass is 10.2. The molecule has 0 saturated heterocycles. The number of halogens is 1. The van der Waals surface area contributed by atoms with E-state index in [-0.39, 0.29) is 30.9 Å². The van der Waals surface area contributed by atoms with Crippen LogP contribution in [0.1, 0.15) is 32.3 Å². The zero-order valence-electron chi connectivity index (χ0n) is 11.4. The van der Waals surface area contributed by atoms with Crippen LogP contribution in [0.4, 0.5) is 4.39 Å². The average molecular weight is 268 g/mol. The molecule has 0 aliphatic heterocycles. The average Bonchev–Trinajstić information content (AvgIpc) is 2.37. The second-order valence-corrected chi connectivity index (χ2v) is 4.51. The molecule has 106 valence electrons. The molecule has 1 aromatic carbocycles. The molecule has 19 heavy (non-hydrogen) atoms. The van der Waals surface area contributed by atoms with Crippen LogP contribution in [0.2, 0.25) is 0 Å². The summed E-state index contributed by atoms with van der Waals surface area (Å²) in [4.78, 5) is 11.6. The van der Waals surface area contributed by atoms with Crippen molar-refractivity contribution in [1.82, 2.24) is 5.32 Å². The number of carbonyl (C=O) groups is 1. The summed E-state index contributed by atoms with van der Waals surface area (Å²) in [6.45, 7) is 4.06. The lowest BCUT2D eigenvalue weighted by molar-refractivity contribution is -0.123. The maximum absolute atomic E-state index is 13.6. The summed E-state index contributed by atoms with van der Waals surface area (Å²) in [5.74, 6) is -0.684. The predicted octanol–water partition coefficient (Wildman–Crippen LogP) is 1.97. The fraction of sp³-hybridized carbons (Fsp3) is 0.500. The number of benzene rings is 1. The Kier molecular flexibility index (Phi) is 6.29. The van der Waals surface area contributed by atoms with E-state index in [1.165, 1.54) is 12.1 Å². The van der Waals surface area contributed by atoms with Gasteiger partial charge in [0.05, 0.1) is 0 Å². The number of nitrogens with one attached hydrogen (secondary N) is 1. The Bertz CT molecular complexity index is 424. The number of hydrogen-bond donors (Lipinski definition) is 2. The van der Waals surface area contributed by atoms with E-state index in [1.807, 2.05) is 13.8 Å². The summed E-state index contributed by atoms with van der Waals surface area (Å²) in [6, 6.07) is 4.58. The monoisotopic (exact) mass is 268 g/mol. The van der Waals surface area contributed by atoms with Gasteiger partial charge >= 0.3 is 0 Å². The largest absolute Gasteiger partial charge is 0.481 e. The third kappa shape index (κ3) is 5.26. The maximum atomic E-state index is 13.6. The zero-order valence-corrected chi connectivity index (χ0v) is 11.4. The van der Waals surface area contributed by atoms with Crippen LogP contribution in [0.25, 0.3) is 0 Å². The fourth-order valence-electron chi connectivity index (χ4n) is 1.75. The number of rotatable bonds is 7. The number of hydrogen-bond acceptors (Lipinski definition) is 3. The summed E-state index contributed by atoms with van der Waals surface area (Å²) in [6.07, 6.45) is 1.91.